The van der Waals surface area contributed by atoms with Crippen LogP contribution in [0.4, 0.5) is 38.0 Å². The number of pyridine rings is 1. The molecular weight excluding hydrogens is 666 g/mol. The highest BCUT2D eigenvalue weighted by Crippen LogP contribution is 2.42. The first kappa shape index (κ1) is 34.8. The largest absolute Gasteiger partial charge is 0.416 e. The fraction of sp³-hybridized carbons (Fsp3) is 0.382. The first-order valence-electron chi connectivity index (χ1n) is 15.8. The van der Waals surface area contributed by atoms with E-state index in [0.717, 1.165) is 35.9 Å². The number of carbonyl (C=O) groups is 1. The normalized spacial score (nSPS) is 17.4. The Morgan fingerprint density at radius 3 is 2.46 bits per heavy atom. The molecule has 1 saturated carbocycles. The van der Waals surface area contributed by atoms with Crippen LogP contribution in [0.3, 0.4) is 0 Å². The summed E-state index contributed by atoms with van der Waals surface area (Å²) in [6, 6.07) is 10.6. The maximum atomic E-state index is 14.4. The van der Waals surface area contributed by atoms with Crippen molar-refractivity contribution < 1.29 is 35.9 Å². The fourth-order valence-electron chi connectivity index (χ4n) is 6.16. The molecule has 262 valence electrons. The second kappa shape index (κ2) is 13.7. The lowest BCUT2D eigenvalue weighted by Crippen LogP contribution is -2.44. The van der Waals surface area contributed by atoms with Gasteiger partial charge in [0.2, 0.25) is 0 Å². The molecule has 3 heterocycles. The summed E-state index contributed by atoms with van der Waals surface area (Å²) >= 11 is 0. The molecule has 16 heteroatoms. The summed E-state index contributed by atoms with van der Waals surface area (Å²) in [5.74, 6) is -0.388. The molecule has 1 amide bonds. The lowest BCUT2D eigenvalue weighted by atomic mass is 9.89. The van der Waals surface area contributed by atoms with Crippen LogP contribution in [0.25, 0.3) is 22.5 Å². The van der Waals surface area contributed by atoms with E-state index in [1.54, 1.807) is 14.2 Å². The molecule has 2 aliphatic rings. The van der Waals surface area contributed by atoms with Crippen molar-refractivity contribution in [3.05, 3.63) is 76.6 Å². The molecule has 0 bridgehead atoms. The molecule has 2 N–H and O–H groups in total. The smallest absolute Gasteiger partial charge is 0.381 e. The highest BCUT2D eigenvalue weighted by Gasteiger charge is 2.41. The Labute approximate surface area is 283 Å². The zero-order valence-corrected chi connectivity index (χ0v) is 27.0. The molecule has 0 spiro atoms. The number of halogens is 6. The van der Waals surface area contributed by atoms with Crippen molar-refractivity contribution in [1.82, 2.24) is 25.1 Å². The molecule has 4 aromatic rings. The molecule has 0 radical (unpaired) electrons. The molecule has 0 atom stereocenters. The maximum absolute atomic E-state index is 14.4. The summed E-state index contributed by atoms with van der Waals surface area (Å²) in [4.78, 5) is 19.5. The first-order chi connectivity index (χ1) is 23.8. The van der Waals surface area contributed by atoms with Crippen LogP contribution in [-0.2, 0) is 37.2 Å². The van der Waals surface area contributed by atoms with Crippen LogP contribution in [0.2, 0.25) is 0 Å². The summed E-state index contributed by atoms with van der Waals surface area (Å²) < 4.78 is 92.0. The minimum Gasteiger partial charge on any atom is -0.381 e. The number of aryl methyl sites for hydroxylation is 1. The highest BCUT2D eigenvalue weighted by molar-refractivity contribution is 6.10. The minimum atomic E-state index is -4.76. The van der Waals surface area contributed by atoms with Gasteiger partial charge in [0.15, 0.2) is 5.82 Å². The van der Waals surface area contributed by atoms with Crippen LogP contribution in [-0.4, -0.2) is 51.5 Å². The Morgan fingerprint density at radius 1 is 1.02 bits per heavy atom. The number of fused-ring (bicyclic) bond motifs is 1. The number of unbranched alkanes of at least 4 members (excludes halogenated alkanes) is 1. The van der Waals surface area contributed by atoms with E-state index in [0.29, 0.717) is 12.0 Å². The van der Waals surface area contributed by atoms with Crippen molar-refractivity contribution in [2.45, 2.75) is 63.3 Å². The SMILES string of the molecule is COC1CC(NCc2cc3c(c(C(F)(F)F)c2)CN(c2cc(-c4cc(C(F)(F)F)ccc4-c4nncn4C)cc(NCCCC#N)n2)C3=O)C1. The molecule has 10 nitrogen and oxygen atoms in total. The average Bonchev–Trinajstić information content (AvgIpc) is 3.63. The van der Waals surface area contributed by atoms with Crippen molar-refractivity contribution in [3.8, 4) is 28.6 Å². The van der Waals surface area contributed by atoms with Crippen LogP contribution in [0.1, 0.15) is 58.3 Å². The van der Waals surface area contributed by atoms with Crippen LogP contribution in [0, 0.1) is 11.3 Å². The quantitative estimate of drug-likeness (QED) is 0.131. The zero-order valence-electron chi connectivity index (χ0n) is 27.0. The van der Waals surface area contributed by atoms with Gasteiger partial charge in [0.05, 0.1) is 29.8 Å². The van der Waals surface area contributed by atoms with Crippen LogP contribution >= 0.6 is 0 Å². The van der Waals surface area contributed by atoms with Crippen molar-refractivity contribution in [2.75, 3.05) is 23.9 Å². The lowest BCUT2D eigenvalue weighted by molar-refractivity contribution is -0.138. The van der Waals surface area contributed by atoms with Gasteiger partial charge in [-0.1, -0.05) is 0 Å². The highest BCUT2D eigenvalue weighted by atomic mass is 19.4. The van der Waals surface area contributed by atoms with Crippen molar-refractivity contribution in [1.29, 1.82) is 5.26 Å². The maximum Gasteiger partial charge on any atom is 0.416 e. The third-order valence-electron chi connectivity index (χ3n) is 8.90. The summed E-state index contributed by atoms with van der Waals surface area (Å²) in [6.45, 7) is -0.0927. The van der Waals surface area contributed by atoms with Crippen molar-refractivity contribution >= 4 is 17.5 Å². The number of alkyl halides is 6. The first-order valence-corrected chi connectivity index (χ1v) is 15.8. The second-order valence-corrected chi connectivity index (χ2v) is 12.3. The van der Waals surface area contributed by atoms with E-state index in [1.165, 1.54) is 35.2 Å². The predicted molar refractivity (Wildman–Crippen MR) is 171 cm³/mol. The zero-order chi connectivity index (χ0) is 35.8. The van der Waals surface area contributed by atoms with Crippen LogP contribution < -0.4 is 15.5 Å². The lowest BCUT2D eigenvalue weighted by Gasteiger charge is -2.34. The van der Waals surface area contributed by atoms with Gasteiger partial charge >= 0.3 is 12.4 Å². The Kier molecular flexibility index (Phi) is 9.56. The van der Waals surface area contributed by atoms with Gasteiger partial charge in [0.25, 0.3) is 5.91 Å². The van der Waals surface area contributed by atoms with Gasteiger partial charge in [0, 0.05) is 50.8 Å². The van der Waals surface area contributed by atoms with E-state index in [9.17, 15) is 31.1 Å². The van der Waals surface area contributed by atoms with E-state index < -0.39 is 35.9 Å². The van der Waals surface area contributed by atoms with E-state index in [4.69, 9.17) is 10.00 Å². The van der Waals surface area contributed by atoms with Gasteiger partial charge in [0.1, 0.15) is 18.0 Å². The fourth-order valence-corrected chi connectivity index (χ4v) is 6.16. The minimum absolute atomic E-state index is 0.0688. The monoisotopic (exact) mass is 698 g/mol. The number of nitrogens with one attached hydrogen (secondary N) is 2. The molecule has 1 aliphatic heterocycles. The number of nitrogens with zero attached hydrogens (tertiary/aromatic N) is 6. The van der Waals surface area contributed by atoms with Crippen LogP contribution in [0.15, 0.2) is 48.8 Å². The van der Waals surface area contributed by atoms with Gasteiger partial charge in [-0.15, -0.1) is 10.2 Å². The predicted octanol–water partition coefficient (Wildman–Crippen LogP) is 6.72. The molecule has 50 heavy (non-hydrogen) atoms. The number of aromatic nitrogens is 4. The number of hydrogen-bond acceptors (Lipinski definition) is 8. The molecule has 1 fully saturated rings. The Balaban J connectivity index is 1.42. The Hall–Kier alpha value is -5.01. The third kappa shape index (κ3) is 7.15. The van der Waals surface area contributed by atoms with Crippen molar-refractivity contribution in [2.24, 2.45) is 7.05 Å². The standard InChI is InChI=1S/C34H32F6N8O2/c1-47-18-44-46-31(47)24-6-5-21(33(35,36)37)13-25(24)20-11-29(42-8-4-3-7-41)45-30(12-20)48-17-27-26(32(48)49)9-19(10-28(27)34(38,39)40)16-43-22-14-23(15-22)50-2/h5-6,9-13,18,22-23,43H,3-4,8,14-17H2,1-2H3,(H,42,45). The van der Waals surface area contributed by atoms with E-state index in [-0.39, 0.29) is 76.9 Å². The number of carbonyl (C=O) groups excluding carboxylic acids is 1. The molecule has 2 aromatic carbocycles. The number of methoxy groups -OCH3 is 1. The number of hydrogen-bond donors (Lipinski definition) is 2. The number of benzene rings is 2. The molecule has 0 saturated heterocycles. The summed E-state index contributed by atoms with van der Waals surface area (Å²) in [6.07, 6.45) is -5.90. The van der Waals surface area contributed by atoms with Gasteiger partial charge < -0.3 is 19.9 Å². The van der Waals surface area contributed by atoms with Crippen molar-refractivity contribution in [3.63, 3.8) is 0 Å². The summed E-state index contributed by atoms with van der Waals surface area (Å²) in [7, 11) is 3.23. The van der Waals surface area contributed by atoms with Gasteiger partial charge in [-0.25, -0.2) is 4.98 Å². The number of anilines is 2. The second-order valence-electron chi connectivity index (χ2n) is 12.3. The Bertz CT molecular complexity index is 1950. The van der Waals surface area contributed by atoms with E-state index in [2.05, 4.69) is 25.8 Å². The Morgan fingerprint density at radius 2 is 1.80 bits per heavy atom. The van der Waals surface area contributed by atoms with Gasteiger partial charge in [-0.2, -0.15) is 31.6 Å². The number of amides is 1. The summed E-state index contributed by atoms with van der Waals surface area (Å²) in [5.41, 5.74) is -1.38. The molecule has 2 aromatic heterocycles. The van der Waals surface area contributed by atoms with Gasteiger partial charge in [-0.05, 0) is 84.0 Å². The number of nitriles is 1. The average molecular weight is 699 g/mol. The van der Waals surface area contributed by atoms with E-state index in [1.807, 2.05) is 6.07 Å². The molecular formula is C34H32F6N8O2. The molecule has 0 unspecified atom stereocenters. The molecule has 6 rings (SSSR count). The van der Waals surface area contributed by atoms with Gasteiger partial charge in [-0.3, -0.25) is 9.69 Å². The van der Waals surface area contributed by atoms with Crippen LogP contribution in [0.5, 0.6) is 0 Å². The molecule has 1 aliphatic carbocycles. The number of ether oxygens (including phenoxy) is 1. The van der Waals surface area contributed by atoms with E-state index >= 15 is 0 Å². The number of rotatable bonds is 11. The third-order valence-corrected chi connectivity index (χ3v) is 8.90. The topological polar surface area (TPSA) is 121 Å². The summed E-state index contributed by atoms with van der Waals surface area (Å²) in [5, 5.41) is 23.1.